The van der Waals surface area contributed by atoms with E-state index < -0.39 is 5.60 Å². The summed E-state index contributed by atoms with van der Waals surface area (Å²) in [7, 11) is 0. The summed E-state index contributed by atoms with van der Waals surface area (Å²) in [6.07, 6.45) is 0. The van der Waals surface area contributed by atoms with Gasteiger partial charge in [0, 0.05) is 5.56 Å². The normalized spacial score (nSPS) is 18.4. The number of amides is 1. The maximum Gasteiger partial charge on any atom is 0.254 e. The molecule has 0 saturated carbocycles. The Morgan fingerprint density at radius 3 is 2.33 bits per heavy atom. The van der Waals surface area contributed by atoms with Crippen molar-refractivity contribution in [2.45, 2.75) is 12.5 Å². The maximum atomic E-state index is 11.8. The second kappa shape index (κ2) is 3.24. The number of aliphatic hydroxyl groups is 1. The van der Waals surface area contributed by atoms with Crippen LogP contribution in [-0.4, -0.2) is 39.7 Å². The molecule has 4 nitrogen and oxygen atoms in total. The number of β-amino-alcohol motifs (C(OH)–C–C–N with tert-alkyl or cyclic N) is 1. The van der Waals surface area contributed by atoms with Gasteiger partial charge in [-0.2, -0.15) is 0 Å². The Morgan fingerprint density at radius 1 is 1.33 bits per heavy atom. The molecule has 0 aliphatic carbocycles. The van der Waals surface area contributed by atoms with E-state index in [1.165, 1.54) is 12.1 Å². The Labute approximate surface area is 87.8 Å². The largest absolute Gasteiger partial charge is 0.508 e. The van der Waals surface area contributed by atoms with E-state index in [4.69, 9.17) is 5.11 Å². The lowest BCUT2D eigenvalue weighted by molar-refractivity contribution is -0.0668. The van der Waals surface area contributed by atoms with Gasteiger partial charge in [-0.1, -0.05) is 0 Å². The second-order valence-corrected chi connectivity index (χ2v) is 4.21. The first-order valence-electron chi connectivity index (χ1n) is 4.79. The van der Waals surface area contributed by atoms with Crippen LogP contribution in [0.5, 0.6) is 5.75 Å². The summed E-state index contributed by atoms with van der Waals surface area (Å²) >= 11 is 0. The lowest BCUT2D eigenvalue weighted by Gasteiger charge is -2.44. The molecular weight excluding hydrogens is 194 g/mol. The predicted octanol–water partition coefficient (Wildman–Crippen LogP) is 0.599. The van der Waals surface area contributed by atoms with E-state index in [2.05, 4.69) is 0 Å². The van der Waals surface area contributed by atoms with Gasteiger partial charge in [-0.05, 0) is 31.2 Å². The fourth-order valence-electron chi connectivity index (χ4n) is 1.71. The highest BCUT2D eigenvalue weighted by molar-refractivity contribution is 5.95. The molecule has 1 fully saturated rings. The first-order chi connectivity index (χ1) is 6.98. The standard InChI is InChI=1S/C11H13NO3/c1-11(15)6-12(7-11)10(14)8-2-4-9(13)5-3-8/h2-5,13,15H,6-7H2,1H3. The summed E-state index contributed by atoms with van der Waals surface area (Å²) in [6.45, 7) is 2.44. The van der Waals surface area contributed by atoms with Crippen molar-refractivity contribution in [1.29, 1.82) is 0 Å². The SMILES string of the molecule is CC1(O)CN(C(=O)c2ccc(O)cc2)C1. The van der Waals surface area contributed by atoms with Gasteiger partial charge < -0.3 is 15.1 Å². The van der Waals surface area contributed by atoms with Gasteiger partial charge in [0.05, 0.1) is 18.7 Å². The number of benzene rings is 1. The number of rotatable bonds is 1. The highest BCUT2D eigenvalue weighted by atomic mass is 16.3. The molecule has 2 rings (SSSR count). The molecule has 1 aliphatic heterocycles. The van der Waals surface area contributed by atoms with Crippen molar-refractivity contribution in [3.8, 4) is 5.75 Å². The third-order valence-electron chi connectivity index (χ3n) is 2.46. The summed E-state index contributed by atoms with van der Waals surface area (Å²) in [4.78, 5) is 13.3. The van der Waals surface area contributed by atoms with Crippen LogP contribution in [0.1, 0.15) is 17.3 Å². The molecule has 1 heterocycles. The van der Waals surface area contributed by atoms with Gasteiger partial charge in [-0.15, -0.1) is 0 Å². The molecule has 0 unspecified atom stereocenters. The van der Waals surface area contributed by atoms with Crippen LogP contribution >= 0.6 is 0 Å². The Kier molecular flexibility index (Phi) is 2.16. The first kappa shape index (κ1) is 9.98. The topological polar surface area (TPSA) is 60.8 Å². The number of carbonyl (C=O) groups excluding carboxylic acids is 1. The zero-order chi connectivity index (χ0) is 11.1. The number of likely N-dealkylation sites (tertiary alicyclic amines) is 1. The van der Waals surface area contributed by atoms with E-state index in [0.29, 0.717) is 18.7 Å². The average molecular weight is 207 g/mol. The van der Waals surface area contributed by atoms with Gasteiger partial charge in [0.25, 0.3) is 5.91 Å². The molecule has 2 N–H and O–H groups in total. The molecular formula is C11H13NO3. The van der Waals surface area contributed by atoms with Crippen molar-refractivity contribution in [2.75, 3.05) is 13.1 Å². The molecule has 4 heteroatoms. The zero-order valence-electron chi connectivity index (χ0n) is 8.47. The quantitative estimate of drug-likeness (QED) is 0.709. The highest BCUT2D eigenvalue weighted by Gasteiger charge is 2.39. The summed E-state index contributed by atoms with van der Waals surface area (Å²) in [5.41, 5.74) is -0.213. The molecule has 15 heavy (non-hydrogen) atoms. The lowest BCUT2D eigenvalue weighted by Crippen LogP contribution is -2.61. The minimum absolute atomic E-state index is 0.110. The van der Waals surface area contributed by atoms with Crippen molar-refractivity contribution in [3.63, 3.8) is 0 Å². The Hall–Kier alpha value is -1.55. The number of phenols is 1. The van der Waals surface area contributed by atoms with Gasteiger partial charge in [0.15, 0.2) is 0 Å². The van der Waals surface area contributed by atoms with Gasteiger partial charge in [0.1, 0.15) is 5.75 Å². The smallest absolute Gasteiger partial charge is 0.254 e. The zero-order valence-corrected chi connectivity index (χ0v) is 8.47. The summed E-state index contributed by atoms with van der Waals surface area (Å²) < 4.78 is 0. The minimum Gasteiger partial charge on any atom is -0.508 e. The monoisotopic (exact) mass is 207 g/mol. The van der Waals surface area contributed by atoms with E-state index >= 15 is 0 Å². The first-order valence-corrected chi connectivity index (χ1v) is 4.79. The number of carbonyl (C=O) groups is 1. The molecule has 1 aromatic carbocycles. The minimum atomic E-state index is -0.743. The van der Waals surface area contributed by atoms with Crippen molar-refractivity contribution in [1.82, 2.24) is 4.90 Å². The molecule has 1 amide bonds. The van der Waals surface area contributed by atoms with E-state index in [1.54, 1.807) is 24.0 Å². The molecule has 1 aromatic rings. The van der Waals surface area contributed by atoms with Crippen LogP contribution in [0.4, 0.5) is 0 Å². The number of phenolic OH excluding ortho intramolecular Hbond substituents is 1. The van der Waals surface area contributed by atoms with Crippen LogP contribution in [-0.2, 0) is 0 Å². The maximum absolute atomic E-state index is 11.8. The van der Waals surface area contributed by atoms with Crippen molar-refractivity contribution in [2.24, 2.45) is 0 Å². The number of nitrogens with zero attached hydrogens (tertiary/aromatic N) is 1. The Morgan fingerprint density at radius 2 is 1.87 bits per heavy atom. The van der Waals surface area contributed by atoms with E-state index in [1.807, 2.05) is 0 Å². The van der Waals surface area contributed by atoms with Crippen LogP contribution in [0.15, 0.2) is 24.3 Å². The highest BCUT2D eigenvalue weighted by Crippen LogP contribution is 2.22. The second-order valence-electron chi connectivity index (χ2n) is 4.21. The summed E-state index contributed by atoms with van der Waals surface area (Å²) in [6, 6.07) is 6.10. The lowest BCUT2D eigenvalue weighted by atomic mass is 9.96. The summed E-state index contributed by atoms with van der Waals surface area (Å²) in [5, 5.41) is 18.6. The Bertz CT molecular complexity index is 375. The van der Waals surface area contributed by atoms with Crippen molar-refractivity contribution in [3.05, 3.63) is 29.8 Å². The third kappa shape index (κ3) is 1.94. The van der Waals surface area contributed by atoms with Crippen LogP contribution < -0.4 is 0 Å². The molecule has 0 radical (unpaired) electrons. The van der Waals surface area contributed by atoms with Crippen LogP contribution in [0, 0.1) is 0 Å². The molecule has 0 spiro atoms. The number of hydrogen-bond acceptors (Lipinski definition) is 3. The van der Waals surface area contributed by atoms with Gasteiger partial charge in [-0.25, -0.2) is 0 Å². The summed E-state index contributed by atoms with van der Waals surface area (Å²) in [5.74, 6) is 0.0312. The molecule has 0 bridgehead atoms. The van der Waals surface area contributed by atoms with Gasteiger partial charge >= 0.3 is 0 Å². The molecule has 80 valence electrons. The van der Waals surface area contributed by atoms with Crippen LogP contribution in [0.3, 0.4) is 0 Å². The average Bonchev–Trinajstić information content (AvgIpc) is 2.14. The van der Waals surface area contributed by atoms with E-state index in [9.17, 15) is 9.90 Å². The van der Waals surface area contributed by atoms with Gasteiger partial charge in [-0.3, -0.25) is 4.79 Å². The van der Waals surface area contributed by atoms with Crippen LogP contribution in [0.2, 0.25) is 0 Å². The van der Waals surface area contributed by atoms with Crippen LogP contribution in [0.25, 0.3) is 0 Å². The third-order valence-corrected chi connectivity index (χ3v) is 2.46. The van der Waals surface area contributed by atoms with Gasteiger partial charge in [0.2, 0.25) is 0 Å². The Balaban J connectivity index is 2.07. The fraction of sp³-hybridized carbons (Fsp3) is 0.364. The number of hydrogen-bond donors (Lipinski definition) is 2. The predicted molar refractivity (Wildman–Crippen MR) is 54.6 cm³/mol. The van der Waals surface area contributed by atoms with E-state index in [-0.39, 0.29) is 11.7 Å². The van der Waals surface area contributed by atoms with E-state index in [0.717, 1.165) is 0 Å². The van der Waals surface area contributed by atoms with Crippen molar-refractivity contribution < 1.29 is 15.0 Å². The molecule has 0 aromatic heterocycles. The molecule has 0 atom stereocenters. The fourth-order valence-corrected chi connectivity index (χ4v) is 1.71. The van der Waals surface area contributed by atoms with Crippen molar-refractivity contribution >= 4 is 5.91 Å². The number of aromatic hydroxyl groups is 1. The molecule has 1 aliphatic rings. The molecule has 1 saturated heterocycles.